The lowest BCUT2D eigenvalue weighted by atomic mass is 10.2. The summed E-state index contributed by atoms with van der Waals surface area (Å²) < 4.78 is 9.94. The van der Waals surface area contributed by atoms with Crippen LogP contribution in [-0.4, -0.2) is 48.3 Å². The number of nitrogens with one attached hydrogen (secondary N) is 3. The SMILES string of the molecule is CC(C)(C)OC(=O)NC(NC(=O)c1ccccc1)C(=O)OC(=O)C1CCCN1. The first-order valence-corrected chi connectivity index (χ1v) is 9.00. The number of amides is 2. The summed E-state index contributed by atoms with van der Waals surface area (Å²) in [6, 6.07) is 7.53. The summed E-state index contributed by atoms with van der Waals surface area (Å²) in [5.41, 5.74) is -0.541. The maximum atomic E-state index is 12.4. The first kappa shape index (κ1) is 21.4. The number of hydrogen-bond acceptors (Lipinski definition) is 7. The smallest absolute Gasteiger partial charge is 0.409 e. The van der Waals surface area contributed by atoms with Gasteiger partial charge in [0.25, 0.3) is 5.91 Å². The van der Waals surface area contributed by atoms with E-state index in [1.165, 1.54) is 0 Å². The van der Waals surface area contributed by atoms with E-state index in [0.717, 1.165) is 6.42 Å². The first-order chi connectivity index (χ1) is 13.2. The predicted molar refractivity (Wildman–Crippen MR) is 99.2 cm³/mol. The van der Waals surface area contributed by atoms with E-state index in [9.17, 15) is 19.2 Å². The van der Waals surface area contributed by atoms with Crippen molar-refractivity contribution in [2.75, 3.05) is 6.54 Å². The average Bonchev–Trinajstić information content (AvgIpc) is 3.15. The molecule has 2 unspecified atom stereocenters. The van der Waals surface area contributed by atoms with Crippen molar-refractivity contribution in [1.29, 1.82) is 0 Å². The highest BCUT2D eigenvalue weighted by molar-refractivity contribution is 5.99. The second-order valence-electron chi connectivity index (χ2n) is 7.31. The number of carbonyl (C=O) groups excluding carboxylic acids is 4. The van der Waals surface area contributed by atoms with Gasteiger partial charge in [-0.15, -0.1) is 0 Å². The molecule has 1 aromatic rings. The van der Waals surface area contributed by atoms with Crippen LogP contribution in [0.4, 0.5) is 4.79 Å². The molecule has 0 aromatic heterocycles. The van der Waals surface area contributed by atoms with Gasteiger partial charge in [-0.3, -0.25) is 10.1 Å². The van der Waals surface area contributed by atoms with Gasteiger partial charge < -0.3 is 20.1 Å². The van der Waals surface area contributed by atoms with E-state index >= 15 is 0 Å². The van der Waals surface area contributed by atoms with Gasteiger partial charge in [0.05, 0.1) is 0 Å². The van der Waals surface area contributed by atoms with Crippen molar-refractivity contribution >= 4 is 23.9 Å². The van der Waals surface area contributed by atoms with Crippen LogP contribution in [0, 0.1) is 0 Å². The Balaban J connectivity index is 2.07. The summed E-state index contributed by atoms with van der Waals surface area (Å²) in [5, 5.41) is 7.49. The molecular formula is C19H25N3O6. The summed E-state index contributed by atoms with van der Waals surface area (Å²) in [6.45, 7) is 5.60. The van der Waals surface area contributed by atoms with Crippen molar-refractivity contribution in [3.05, 3.63) is 35.9 Å². The van der Waals surface area contributed by atoms with E-state index < -0.39 is 41.7 Å². The highest BCUT2D eigenvalue weighted by atomic mass is 16.6. The first-order valence-electron chi connectivity index (χ1n) is 9.00. The molecule has 1 aliphatic rings. The molecule has 1 heterocycles. The molecule has 2 atom stereocenters. The summed E-state index contributed by atoms with van der Waals surface area (Å²) in [4.78, 5) is 48.9. The largest absolute Gasteiger partial charge is 0.444 e. The van der Waals surface area contributed by atoms with E-state index in [-0.39, 0.29) is 5.56 Å². The molecule has 0 spiro atoms. The van der Waals surface area contributed by atoms with Gasteiger partial charge in [-0.1, -0.05) is 18.2 Å². The van der Waals surface area contributed by atoms with Crippen LogP contribution in [0.1, 0.15) is 44.0 Å². The molecule has 2 rings (SSSR count). The number of benzene rings is 1. The minimum Gasteiger partial charge on any atom is -0.444 e. The number of carbonyl (C=O) groups is 4. The maximum Gasteiger partial charge on any atom is 0.409 e. The third-order valence-electron chi connectivity index (χ3n) is 3.75. The molecule has 0 saturated carbocycles. The molecular weight excluding hydrogens is 366 g/mol. The molecule has 3 N–H and O–H groups in total. The van der Waals surface area contributed by atoms with Crippen molar-refractivity contribution < 1.29 is 28.7 Å². The van der Waals surface area contributed by atoms with Crippen LogP contribution in [0.15, 0.2) is 30.3 Å². The Hall–Kier alpha value is -2.94. The van der Waals surface area contributed by atoms with Gasteiger partial charge in [-0.05, 0) is 52.3 Å². The maximum absolute atomic E-state index is 12.4. The minimum atomic E-state index is -1.59. The van der Waals surface area contributed by atoms with E-state index in [0.29, 0.717) is 13.0 Å². The topological polar surface area (TPSA) is 123 Å². The zero-order valence-corrected chi connectivity index (χ0v) is 16.1. The second kappa shape index (κ2) is 9.32. The molecule has 1 saturated heterocycles. The fraction of sp³-hybridized carbons (Fsp3) is 0.474. The molecule has 9 heteroatoms. The van der Waals surface area contributed by atoms with E-state index in [2.05, 4.69) is 16.0 Å². The van der Waals surface area contributed by atoms with E-state index in [4.69, 9.17) is 9.47 Å². The molecule has 1 aliphatic heterocycles. The number of esters is 2. The summed E-state index contributed by atoms with van der Waals surface area (Å²) in [6.07, 6.45) is -1.19. The third kappa shape index (κ3) is 6.66. The lowest BCUT2D eigenvalue weighted by Gasteiger charge is -2.23. The molecule has 1 aromatic carbocycles. The number of alkyl carbamates (subject to hydrolysis) is 1. The van der Waals surface area contributed by atoms with Crippen LogP contribution in [0.2, 0.25) is 0 Å². The number of hydrogen-bond donors (Lipinski definition) is 3. The highest BCUT2D eigenvalue weighted by Gasteiger charge is 2.32. The van der Waals surface area contributed by atoms with Crippen molar-refractivity contribution in [2.45, 2.75) is 51.4 Å². The fourth-order valence-corrected chi connectivity index (χ4v) is 2.50. The van der Waals surface area contributed by atoms with Gasteiger partial charge in [-0.2, -0.15) is 0 Å². The standard InChI is InChI=1S/C19H25N3O6/c1-19(2,3)28-18(26)22-14(21-15(23)12-8-5-4-6-9-12)17(25)27-16(24)13-10-7-11-20-13/h4-6,8-9,13-14,20H,7,10-11H2,1-3H3,(H,21,23)(H,22,26). The Labute approximate surface area is 163 Å². The van der Waals surface area contributed by atoms with Gasteiger partial charge in [0, 0.05) is 5.56 Å². The van der Waals surface area contributed by atoms with Crippen molar-refractivity contribution in [1.82, 2.24) is 16.0 Å². The molecule has 28 heavy (non-hydrogen) atoms. The van der Waals surface area contributed by atoms with Gasteiger partial charge in [0.2, 0.25) is 6.17 Å². The zero-order chi connectivity index (χ0) is 20.7. The molecule has 1 fully saturated rings. The summed E-state index contributed by atoms with van der Waals surface area (Å²) in [5.74, 6) is -2.48. The number of rotatable bonds is 5. The van der Waals surface area contributed by atoms with Gasteiger partial charge in [0.15, 0.2) is 0 Å². The van der Waals surface area contributed by atoms with Gasteiger partial charge in [-0.25, -0.2) is 14.4 Å². The summed E-state index contributed by atoms with van der Waals surface area (Å²) >= 11 is 0. The summed E-state index contributed by atoms with van der Waals surface area (Å²) in [7, 11) is 0. The van der Waals surface area contributed by atoms with Crippen LogP contribution in [0.25, 0.3) is 0 Å². The second-order valence-corrected chi connectivity index (χ2v) is 7.31. The van der Waals surface area contributed by atoms with Gasteiger partial charge >= 0.3 is 18.0 Å². The predicted octanol–water partition coefficient (Wildman–Crippen LogP) is 1.09. The molecule has 0 aliphatic carbocycles. The number of ether oxygens (including phenoxy) is 2. The van der Waals surface area contributed by atoms with Crippen molar-refractivity contribution in [3.63, 3.8) is 0 Å². The van der Waals surface area contributed by atoms with Crippen LogP contribution in [-0.2, 0) is 19.1 Å². The van der Waals surface area contributed by atoms with E-state index in [1.807, 2.05) is 0 Å². The highest BCUT2D eigenvalue weighted by Crippen LogP contribution is 2.09. The Bertz CT molecular complexity index is 723. The molecule has 2 amide bonds. The van der Waals surface area contributed by atoms with Crippen LogP contribution in [0.5, 0.6) is 0 Å². The molecule has 0 bridgehead atoms. The quantitative estimate of drug-likeness (QED) is 0.390. The van der Waals surface area contributed by atoms with Crippen LogP contribution in [0.3, 0.4) is 0 Å². The Kier molecular flexibility index (Phi) is 7.11. The van der Waals surface area contributed by atoms with Crippen molar-refractivity contribution in [3.8, 4) is 0 Å². The molecule has 152 valence electrons. The fourth-order valence-electron chi connectivity index (χ4n) is 2.50. The zero-order valence-electron chi connectivity index (χ0n) is 16.1. The minimum absolute atomic E-state index is 0.273. The Morgan fingerprint density at radius 2 is 1.79 bits per heavy atom. The lowest BCUT2D eigenvalue weighted by Crippen LogP contribution is -2.55. The normalized spacial score (nSPS) is 17.3. The lowest BCUT2D eigenvalue weighted by molar-refractivity contribution is -0.162. The average molecular weight is 391 g/mol. The third-order valence-corrected chi connectivity index (χ3v) is 3.75. The Morgan fingerprint density at radius 3 is 2.36 bits per heavy atom. The molecule has 0 radical (unpaired) electrons. The van der Waals surface area contributed by atoms with E-state index in [1.54, 1.807) is 51.1 Å². The van der Waals surface area contributed by atoms with Crippen LogP contribution >= 0.6 is 0 Å². The molecule has 9 nitrogen and oxygen atoms in total. The van der Waals surface area contributed by atoms with Crippen LogP contribution < -0.4 is 16.0 Å². The Morgan fingerprint density at radius 1 is 1.11 bits per heavy atom. The van der Waals surface area contributed by atoms with Crippen molar-refractivity contribution in [2.24, 2.45) is 0 Å². The monoisotopic (exact) mass is 391 g/mol. The van der Waals surface area contributed by atoms with Gasteiger partial charge in [0.1, 0.15) is 11.6 Å².